The number of para-hydroxylation sites is 1. The Balaban J connectivity index is 1.67. The summed E-state index contributed by atoms with van der Waals surface area (Å²) in [6.45, 7) is 2.34. The number of benzene rings is 2. The summed E-state index contributed by atoms with van der Waals surface area (Å²) in [6.07, 6.45) is 2.91. The van der Waals surface area contributed by atoms with Crippen LogP contribution in [-0.2, 0) is 4.79 Å². The highest BCUT2D eigenvalue weighted by atomic mass is 35.5. The molecule has 0 spiro atoms. The van der Waals surface area contributed by atoms with Gasteiger partial charge in [-0.15, -0.1) is 0 Å². The molecule has 0 radical (unpaired) electrons. The molecule has 0 aliphatic carbocycles. The average molecular weight is 398 g/mol. The second-order valence-electron chi connectivity index (χ2n) is 7.21. The number of methoxy groups -OCH3 is 1. The van der Waals surface area contributed by atoms with Gasteiger partial charge < -0.3 is 4.74 Å². The number of carbonyl (C=O) groups excluding carboxylic acids is 1. The van der Waals surface area contributed by atoms with E-state index in [4.69, 9.17) is 21.4 Å². The summed E-state index contributed by atoms with van der Waals surface area (Å²) in [6, 6.07) is 15.3. The van der Waals surface area contributed by atoms with Crippen LogP contribution in [0.4, 0.5) is 0 Å². The van der Waals surface area contributed by atoms with Gasteiger partial charge in [0, 0.05) is 17.0 Å². The first-order valence-electron chi connectivity index (χ1n) is 9.67. The van der Waals surface area contributed by atoms with Crippen LogP contribution in [0.2, 0.25) is 5.02 Å². The highest BCUT2D eigenvalue weighted by Gasteiger charge is 2.35. The number of nitrogens with zero attached hydrogens (tertiary/aromatic N) is 3. The maximum atomic E-state index is 13.1. The molecule has 1 atom stereocenters. The zero-order valence-electron chi connectivity index (χ0n) is 16.0. The molecule has 1 unspecified atom stereocenters. The minimum absolute atomic E-state index is 0.0108. The van der Waals surface area contributed by atoms with Crippen molar-refractivity contribution in [2.24, 2.45) is 5.10 Å². The summed E-state index contributed by atoms with van der Waals surface area (Å²) in [4.78, 5) is 15.3. The van der Waals surface area contributed by atoms with Gasteiger partial charge >= 0.3 is 0 Å². The lowest BCUT2D eigenvalue weighted by atomic mass is 9.98. The predicted octanol–water partition coefficient (Wildman–Crippen LogP) is 4.12. The third kappa shape index (κ3) is 3.77. The first-order chi connectivity index (χ1) is 13.7. The Hall–Kier alpha value is -2.37. The summed E-state index contributed by atoms with van der Waals surface area (Å²) in [5, 5.41) is 7.02. The Morgan fingerprint density at radius 1 is 1.14 bits per heavy atom. The van der Waals surface area contributed by atoms with E-state index in [1.54, 1.807) is 12.1 Å². The quantitative estimate of drug-likeness (QED) is 0.762. The zero-order chi connectivity index (χ0) is 19.5. The monoisotopic (exact) mass is 397 g/mol. The molecule has 1 amide bonds. The number of hydrogen-bond donors (Lipinski definition) is 0. The number of rotatable bonds is 5. The van der Waals surface area contributed by atoms with E-state index in [1.807, 2.05) is 48.5 Å². The molecule has 2 aromatic carbocycles. The number of carbonyl (C=O) groups is 1. The first-order valence-corrected chi connectivity index (χ1v) is 10.0. The number of hydrazone groups is 1. The Bertz CT molecular complexity index is 893. The fraction of sp³-hybridized carbons (Fsp3) is 0.364. The molecular weight excluding hydrogens is 374 g/mol. The van der Waals surface area contributed by atoms with Crippen molar-refractivity contribution < 1.29 is 9.53 Å². The van der Waals surface area contributed by atoms with Crippen LogP contribution in [0.25, 0.3) is 0 Å². The number of amides is 1. The molecule has 6 heteroatoms. The number of hydrogen-bond acceptors (Lipinski definition) is 4. The predicted molar refractivity (Wildman–Crippen MR) is 111 cm³/mol. The third-order valence-corrected chi connectivity index (χ3v) is 5.75. The lowest BCUT2D eigenvalue weighted by Gasteiger charge is -2.25. The second kappa shape index (κ2) is 8.33. The number of ether oxygens (including phenoxy) is 1. The highest BCUT2D eigenvalue weighted by molar-refractivity contribution is 6.31. The van der Waals surface area contributed by atoms with Gasteiger partial charge in [-0.05, 0) is 49.7 Å². The van der Waals surface area contributed by atoms with Crippen molar-refractivity contribution >= 4 is 23.2 Å². The molecule has 2 aromatic rings. The fourth-order valence-corrected chi connectivity index (χ4v) is 4.24. The van der Waals surface area contributed by atoms with Crippen molar-refractivity contribution in [3.8, 4) is 5.75 Å². The molecule has 28 heavy (non-hydrogen) atoms. The van der Waals surface area contributed by atoms with Gasteiger partial charge in [-0.2, -0.15) is 5.10 Å². The lowest BCUT2D eigenvalue weighted by molar-refractivity contribution is -0.134. The summed E-state index contributed by atoms with van der Waals surface area (Å²) < 4.78 is 5.51. The molecule has 2 aliphatic heterocycles. The third-order valence-electron chi connectivity index (χ3n) is 5.41. The van der Waals surface area contributed by atoms with Gasteiger partial charge in [-0.1, -0.05) is 41.9 Å². The van der Waals surface area contributed by atoms with Crippen molar-refractivity contribution in [3.63, 3.8) is 0 Å². The molecule has 0 aromatic heterocycles. The molecule has 0 bridgehead atoms. The fourth-order valence-electron chi connectivity index (χ4n) is 3.98. The Labute approximate surface area is 170 Å². The van der Waals surface area contributed by atoms with E-state index in [0.29, 0.717) is 18.0 Å². The lowest BCUT2D eigenvalue weighted by Crippen LogP contribution is -2.37. The molecule has 146 valence electrons. The molecule has 0 saturated carbocycles. The van der Waals surface area contributed by atoms with Gasteiger partial charge in [0.2, 0.25) is 0 Å². The summed E-state index contributed by atoms with van der Waals surface area (Å²) >= 11 is 6.47. The van der Waals surface area contributed by atoms with Crippen LogP contribution < -0.4 is 4.74 Å². The van der Waals surface area contributed by atoms with Crippen molar-refractivity contribution in [3.05, 3.63) is 64.7 Å². The zero-order valence-corrected chi connectivity index (χ0v) is 16.7. The average Bonchev–Trinajstić information content (AvgIpc) is 3.38. The SMILES string of the molecule is COc1ccccc1C1=NN(C(=O)CN2CCCC2)C(c2ccccc2Cl)C1. The minimum Gasteiger partial charge on any atom is -0.496 e. The highest BCUT2D eigenvalue weighted by Crippen LogP contribution is 2.37. The smallest absolute Gasteiger partial charge is 0.257 e. The van der Waals surface area contributed by atoms with E-state index < -0.39 is 0 Å². The van der Waals surface area contributed by atoms with Crippen LogP contribution in [-0.4, -0.2) is 48.3 Å². The van der Waals surface area contributed by atoms with Gasteiger partial charge in [0.25, 0.3) is 5.91 Å². The topological polar surface area (TPSA) is 45.1 Å². The van der Waals surface area contributed by atoms with Gasteiger partial charge in [-0.25, -0.2) is 5.01 Å². The van der Waals surface area contributed by atoms with Crippen LogP contribution >= 0.6 is 11.6 Å². The van der Waals surface area contributed by atoms with E-state index in [2.05, 4.69) is 4.90 Å². The Morgan fingerprint density at radius 2 is 1.86 bits per heavy atom. The van der Waals surface area contributed by atoms with Crippen LogP contribution in [0.5, 0.6) is 5.75 Å². The summed E-state index contributed by atoms with van der Waals surface area (Å²) in [7, 11) is 1.65. The van der Waals surface area contributed by atoms with E-state index in [9.17, 15) is 4.79 Å². The first kappa shape index (κ1) is 19.0. The van der Waals surface area contributed by atoms with Crippen LogP contribution in [0, 0.1) is 0 Å². The summed E-state index contributed by atoms with van der Waals surface area (Å²) in [5.41, 5.74) is 2.68. The van der Waals surface area contributed by atoms with E-state index in [1.165, 1.54) is 0 Å². The Morgan fingerprint density at radius 3 is 2.61 bits per heavy atom. The second-order valence-corrected chi connectivity index (χ2v) is 7.62. The van der Waals surface area contributed by atoms with Gasteiger partial charge in [-0.3, -0.25) is 9.69 Å². The van der Waals surface area contributed by atoms with E-state index in [-0.39, 0.29) is 11.9 Å². The largest absolute Gasteiger partial charge is 0.496 e. The van der Waals surface area contributed by atoms with Gasteiger partial charge in [0.15, 0.2) is 0 Å². The van der Waals surface area contributed by atoms with Crippen LogP contribution in [0.1, 0.15) is 36.4 Å². The minimum atomic E-state index is -0.205. The van der Waals surface area contributed by atoms with Crippen molar-refractivity contribution in [2.45, 2.75) is 25.3 Å². The van der Waals surface area contributed by atoms with Crippen LogP contribution in [0.3, 0.4) is 0 Å². The molecule has 5 nitrogen and oxygen atoms in total. The number of halogens is 1. The molecule has 2 heterocycles. The Kier molecular flexibility index (Phi) is 5.64. The maximum absolute atomic E-state index is 13.1. The molecule has 0 N–H and O–H groups in total. The van der Waals surface area contributed by atoms with Crippen LogP contribution in [0.15, 0.2) is 53.6 Å². The standard InChI is InChI=1S/C22H24ClN3O2/c1-28-21-11-5-3-9-17(21)19-14-20(16-8-2-4-10-18(16)23)26(24-19)22(27)15-25-12-6-7-13-25/h2-5,8-11,20H,6-7,12-15H2,1H3. The molecule has 4 rings (SSSR count). The maximum Gasteiger partial charge on any atom is 0.257 e. The van der Waals surface area contributed by atoms with Crippen molar-refractivity contribution in [2.75, 3.05) is 26.7 Å². The van der Waals surface area contributed by atoms with Gasteiger partial charge in [0.05, 0.1) is 25.4 Å². The molecule has 1 saturated heterocycles. The molecule has 2 aliphatic rings. The van der Waals surface area contributed by atoms with E-state index >= 15 is 0 Å². The summed E-state index contributed by atoms with van der Waals surface area (Å²) in [5.74, 6) is 0.768. The molecule has 1 fully saturated rings. The van der Waals surface area contributed by atoms with Crippen molar-refractivity contribution in [1.29, 1.82) is 0 Å². The normalized spacial score (nSPS) is 19.7. The van der Waals surface area contributed by atoms with Crippen molar-refractivity contribution in [1.82, 2.24) is 9.91 Å². The van der Waals surface area contributed by atoms with E-state index in [0.717, 1.165) is 48.5 Å². The van der Waals surface area contributed by atoms with Gasteiger partial charge in [0.1, 0.15) is 5.75 Å². The molecular formula is C22H24ClN3O2. The number of likely N-dealkylation sites (tertiary alicyclic amines) is 1.